The van der Waals surface area contributed by atoms with Gasteiger partial charge in [-0.3, -0.25) is 0 Å². The molecular weight excluding hydrogens is 488 g/mol. The monoisotopic (exact) mass is 528 g/mol. The maximum atomic E-state index is 10.0. The van der Waals surface area contributed by atoms with Gasteiger partial charge in [0.05, 0.1) is 20.3 Å². The van der Waals surface area contributed by atoms with Crippen LogP contribution >= 0.6 is 0 Å². The molecule has 1 unspecified atom stereocenters. The topological polar surface area (TPSA) is 133 Å². The van der Waals surface area contributed by atoms with Gasteiger partial charge in [-0.05, 0) is 80.0 Å². The van der Waals surface area contributed by atoms with Crippen molar-refractivity contribution in [3.05, 3.63) is 77.4 Å². The number of aliphatic hydroxyl groups excluding tert-OH is 2. The Morgan fingerprint density at radius 3 is 2.26 bits per heavy atom. The van der Waals surface area contributed by atoms with E-state index in [-0.39, 0.29) is 18.1 Å². The van der Waals surface area contributed by atoms with E-state index in [1.165, 1.54) is 12.1 Å². The highest BCUT2D eigenvalue weighted by Crippen LogP contribution is 2.28. The van der Waals surface area contributed by atoms with Crippen LogP contribution in [0.25, 0.3) is 0 Å². The lowest BCUT2D eigenvalue weighted by molar-refractivity contribution is 0.106. The van der Waals surface area contributed by atoms with Gasteiger partial charge in [-0.1, -0.05) is 24.3 Å². The van der Waals surface area contributed by atoms with Gasteiger partial charge in [-0.15, -0.1) is 0 Å². The molecule has 0 aliphatic heterocycles. The number of nitrogens with one attached hydrogen (secondary N) is 2. The van der Waals surface area contributed by atoms with Crippen LogP contribution in [0.3, 0.4) is 0 Å². The highest BCUT2D eigenvalue weighted by Gasteiger charge is 2.09. The van der Waals surface area contributed by atoms with Gasteiger partial charge in [0.15, 0.2) is 23.0 Å². The summed E-state index contributed by atoms with van der Waals surface area (Å²) in [5, 5.41) is 43.7. The zero-order valence-electron chi connectivity index (χ0n) is 22.5. The van der Waals surface area contributed by atoms with Crippen LogP contribution in [0.1, 0.15) is 22.8 Å². The molecule has 0 bridgehead atoms. The minimum Gasteiger partial charge on any atom is -0.504 e. The minimum absolute atomic E-state index is 0.180. The zero-order valence-corrected chi connectivity index (χ0v) is 22.5. The number of likely N-dealkylation sites (N-methyl/N-ethyl adjacent to an activating group) is 1. The van der Waals surface area contributed by atoms with E-state index in [9.17, 15) is 10.2 Å². The summed E-state index contributed by atoms with van der Waals surface area (Å²) in [6.07, 6.45) is -0.381. The van der Waals surface area contributed by atoms with Gasteiger partial charge >= 0.3 is 0 Å². The van der Waals surface area contributed by atoms with Gasteiger partial charge in [-0.25, -0.2) is 0 Å². The Kier molecular flexibility index (Phi) is 13.2. The number of benzene rings is 3. The van der Waals surface area contributed by atoms with Crippen LogP contribution in [-0.2, 0) is 6.42 Å². The van der Waals surface area contributed by atoms with E-state index in [0.717, 1.165) is 41.3 Å². The number of rotatable bonds is 13. The smallest absolute Gasteiger partial charge is 0.160 e. The Hall–Kier alpha value is -3.50. The van der Waals surface area contributed by atoms with Crippen molar-refractivity contribution < 1.29 is 34.6 Å². The molecule has 3 aromatic carbocycles. The summed E-state index contributed by atoms with van der Waals surface area (Å²) in [5.74, 6) is 1.84. The van der Waals surface area contributed by atoms with Crippen LogP contribution in [0.15, 0.2) is 60.7 Å². The maximum absolute atomic E-state index is 10.0. The molecule has 0 amide bonds. The SMILES string of the molecule is CNC[C@H](O)c1ccc(O)c(O)c1.COc1ccc(CCNCC(O)COc2cccc(C)c2)cc1OC. The number of phenols is 2. The summed E-state index contributed by atoms with van der Waals surface area (Å²) >= 11 is 0. The Balaban J connectivity index is 0.000000328. The van der Waals surface area contributed by atoms with Crippen LogP contribution in [0.2, 0.25) is 0 Å². The highest BCUT2D eigenvalue weighted by molar-refractivity contribution is 5.43. The molecular formula is C29H40N2O7. The van der Waals surface area contributed by atoms with Crippen molar-refractivity contribution in [3.63, 3.8) is 0 Å². The molecule has 0 saturated heterocycles. The Bertz CT molecular complexity index is 1110. The normalized spacial score (nSPS) is 12.2. The summed E-state index contributed by atoms with van der Waals surface area (Å²) in [6, 6.07) is 18.0. The van der Waals surface area contributed by atoms with E-state index in [4.69, 9.17) is 24.4 Å². The standard InChI is InChI=1S/C20H27NO4.C9H13NO3/c1-15-5-4-6-18(11-15)25-14-17(22)13-21-10-9-16-7-8-19(23-2)20(12-16)24-3;1-10-5-9(13)6-2-3-7(11)8(12)4-6/h4-8,11-12,17,21-22H,9-10,13-14H2,1-3H3;2-4,9-13H,5H2,1H3/t;9-/m.0/s1. The first kappa shape index (κ1) is 30.7. The summed E-state index contributed by atoms with van der Waals surface area (Å²) in [7, 11) is 4.98. The molecule has 2 atom stereocenters. The average molecular weight is 529 g/mol. The molecule has 3 aromatic rings. The van der Waals surface area contributed by atoms with Gasteiger partial charge in [0.1, 0.15) is 18.5 Å². The average Bonchev–Trinajstić information content (AvgIpc) is 2.92. The minimum atomic E-state index is -0.670. The lowest BCUT2D eigenvalue weighted by Crippen LogP contribution is -2.32. The lowest BCUT2D eigenvalue weighted by atomic mass is 10.1. The van der Waals surface area contributed by atoms with Crippen molar-refractivity contribution in [1.29, 1.82) is 0 Å². The fourth-order valence-corrected chi connectivity index (χ4v) is 3.55. The Morgan fingerprint density at radius 2 is 1.61 bits per heavy atom. The number of aliphatic hydroxyl groups is 2. The number of hydrogen-bond donors (Lipinski definition) is 6. The number of ether oxygens (including phenoxy) is 3. The number of aryl methyl sites for hydroxylation is 1. The van der Waals surface area contributed by atoms with Gasteiger partial charge in [0.2, 0.25) is 0 Å². The number of hydrogen-bond acceptors (Lipinski definition) is 9. The number of methoxy groups -OCH3 is 2. The van der Waals surface area contributed by atoms with E-state index in [0.29, 0.717) is 18.7 Å². The van der Waals surface area contributed by atoms with Gasteiger partial charge < -0.3 is 45.3 Å². The van der Waals surface area contributed by atoms with E-state index in [1.807, 2.05) is 49.4 Å². The Morgan fingerprint density at radius 1 is 0.842 bits per heavy atom. The van der Waals surface area contributed by atoms with Crippen LogP contribution in [0.4, 0.5) is 0 Å². The molecule has 0 fully saturated rings. The third kappa shape index (κ3) is 10.5. The van der Waals surface area contributed by atoms with E-state index < -0.39 is 12.2 Å². The molecule has 6 N–H and O–H groups in total. The predicted octanol–water partition coefficient (Wildman–Crippen LogP) is 2.93. The molecule has 9 heteroatoms. The van der Waals surface area contributed by atoms with Crippen molar-refractivity contribution in [2.45, 2.75) is 25.6 Å². The van der Waals surface area contributed by atoms with Crippen molar-refractivity contribution in [3.8, 4) is 28.7 Å². The van der Waals surface area contributed by atoms with Gasteiger partial charge in [0.25, 0.3) is 0 Å². The summed E-state index contributed by atoms with van der Waals surface area (Å²) in [5.41, 5.74) is 2.86. The summed E-state index contributed by atoms with van der Waals surface area (Å²) < 4.78 is 16.1. The summed E-state index contributed by atoms with van der Waals surface area (Å²) in [4.78, 5) is 0. The zero-order chi connectivity index (χ0) is 27.9. The first-order valence-corrected chi connectivity index (χ1v) is 12.4. The molecule has 9 nitrogen and oxygen atoms in total. The van der Waals surface area contributed by atoms with Crippen molar-refractivity contribution >= 4 is 0 Å². The Labute approximate surface area is 224 Å². The van der Waals surface area contributed by atoms with Gasteiger partial charge in [0, 0.05) is 13.1 Å². The van der Waals surface area contributed by atoms with Crippen molar-refractivity contribution in [1.82, 2.24) is 10.6 Å². The summed E-state index contributed by atoms with van der Waals surface area (Å²) in [6.45, 7) is 3.94. The molecule has 0 heterocycles. The van der Waals surface area contributed by atoms with Crippen LogP contribution in [0, 0.1) is 6.92 Å². The molecule has 208 valence electrons. The van der Waals surface area contributed by atoms with Crippen molar-refractivity contribution in [2.75, 3.05) is 47.5 Å². The van der Waals surface area contributed by atoms with Crippen molar-refractivity contribution in [2.24, 2.45) is 0 Å². The number of phenolic OH excluding ortho intramolecular Hbond substituents is 2. The maximum Gasteiger partial charge on any atom is 0.160 e. The molecule has 0 spiro atoms. The molecule has 3 rings (SSSR count). The van der Waals surface area contributed by atoms with Gasteiger partial charge in [-0.2, -0.15) is 0 Å². The molecule has 0 radical (unpaired) electrons. The van der Waals surface area contributed by atoms with E-state index in [1.54, 1.807) is 27.3 Å². The largest absolute Gasteiger partial charge is 0.504 e. The molecule has 0 aliphatic rings. The second kappa shape index (κ2) is 16.4. The molecule has 0 saturated carbocycles. The van der Waals surface area contributed by atoms with Crippen LogP contribution < -0.4 is 24.8 Å². The first-order chi connectivity index (χ1) is 18.3. The first-order valence-electron chi connectivity index (χ1n) is 12.4. The number of aromatic hydroxyl groups is 2. The predicted molar refractivity (Wildman–Crippen MR) is 147 cm³/mol. The molecule has 0 aliphatic carbocycles. The van der Waals surface area contributed by atoms with Crippen LogP contribution in [0.5, 0.6) is 28.7 Å². The lowest BCUT2D eigenvalue weighted by Gasteiger charge is -2.14. The third-order valence-corrected chi connectivity index (χ3v) is 5.63. The highest BCUT2D eigenvalue weighted by atomic mass is 16.5. The second-order valence-corrected chi connectivity index (χ2v) is 8.75. The molecule has 38 heavy (non-hydrogen) atoms. The quantitative estimate of drug-likeness (QED) is 0.146. The third-order valence-electron chi connectivity index (χ3n) is 5.63. The molecule has 0 aromatic heterocycles. The van der Waals surface area contributed by atoms with E-state index in [2.05, 4.69) is 10.6 Å². The fourth-order valence-electron chi connectivity index (χ4n) is 3.55. The second-order valence-electron chi connectivity index (χ2n) is 8.75. The fraction of sp³-hybridized carbons (Fsp3) is 0.379. The van der Waals surface area contributed by atoms with Crippen LogP contribution in [-0.4, -0.2) is 74.0 Å². The van der Waals surface area contributed by atoms with E-state index >= 15 is 0 Å².